The number of nitrogens with zero attached hydrogens (tertiary/aromatic N) is 4. The van der Waals surface area contributed by atoms with Gasteiger partial charge in [0, 0.05) is 35.9 Å². The van der Waals surface area contributed by atoms with Gasteiger partial charge in [-0.05, 0) is 51.0 Å². The molecule has 1 aliphatic heterocycles. The summed E-state index contributed by atoms with van der Waals surface area (Å²) >= 11 is 1.73. The number of rotatable bonds is 7. The molecule has 0 aromatic carbocycles. The molecule has 3 aromatic heterocycles. The molecular formula is C21H27N5O3S. The third kappa shape index (κ3) is 4.56. The molecule has 4 heterocycles. The van der Waals surface area contributed by atoms with Crippen LogP contribution in [0.5, 0.6) is 0 Å². The highest BCUT2D eigenvalue weighted by atomic mass is 32.1. The summed E-state index contributed by atoms with van der Waals surface area (Å²) in [5.41, 5.74) is 1.57. The molecule has 4 rings (SSSR count). The Morgan fingerprint density at radius 1 is 1.37 bits per heavy atom. The van der Waals surface area contributed by atoms with Crippen LogP contribution in [0.2, 0.25) is 0 Å². The lowest BCUT2D eigenvalue weighted by Gasteiger charge is -2.16. The number of aryl methyl sites for hydroxylation is 4. The SMILES string of the molecule is Cc1noc(C)c1Cn1nc2n(c1=O)CCC(NC(=O)CCCc1cccs1)CC2. The van der Waals surface area contributed by atoms with Crippen LogP contribution in [0.25, 0.3) is 0 Å². The standard InChI is InChI=1S/C21H27N5O3S/c1-14-18(15(2)29-24-14)13-26-21(28)25-11-10-16(8-9-19(25)23-26)22-20(27)7-3-5-17-6-4-12-30-17/h4,6,12,16H,3,5,7-11,13H2,1-2H3,(H,22,27). The van der Waals surface area contributed by atoms with Gasteiger partial charge in [0.2, 0.25) is 5.91 Å². The van der Waals surface area contributed by atoms with Crippen LogP contribution in [0.3, 0.4) is 0 Å². The second kappa shape index (κ2) is 8.99. The third-order valence-electron chi connectivity index (χ3n) is 5.68. The number of carbonyl (C=O) groups is 1. The fraction of sp³-hybridized carbons (Fsp3) is 0.524. The predicted molar refractivity (Wildman–Crippen MR) is 114 cm³/mol. The van der Waals surface area contributed by atoms with Crippen molar-refractivity contribution >= 4 is 17.2 Å². The van der Waals surface area contributed by atoms with E-state index in [0.29, 0.717) is 31.7 Å². The molecule has 1 atom stereocenters. The van der Waals surface area contributed by atoms with Crippen LogP contribution in [-0.4, -0.2) is 31.5 Å². The van der Waals surface area contributed by atoms with E-state index in [1.165, 1.54) is 9.56 Å². The molecule has 1 unspecified atom stereocenters. The summed E-state index contributed by atoms with van der Waals surface area (Å²) in [5, 5.41) is 13.7. The van der Waals surface area contributed by atoms with Gasteiger partial charge in [0.15, 0.2) is 0 Å². The molecule has 1 aliphatic rings. The molecule has 0 bridgehead atoms. The van der Waals surface area contributed by atoms with Crippen molar-refractivity contribution in [3.63, 3.8) is 0 Å². The van der Waals surface area contributed by atoms with Crippen molar-refractivity contribution in [3.05, 3.63) is 55.7 Å². The predicted octanol–water partition coefficient (Wildman–Crippen LogP) is 2.60. The van der Waals surface area contributed by atoms with Crippen molar-refractivity contribution < 1.29 is 9.32 Å². The van der Waals surface area contributed by atoms with E-state index >= 15 is 0 Å². The van der Waals surface area contributed by atoms with Crippen molar-refractivity contribution in [1.29, 1.82) is 0 Å². The van der Waals surface area contributed by atoms with Crippen LogP contribution in [0, 0.1) is 13.8 Å². The van der Waals surface area contributed by atoms with Crippen LogP contribution in [-0.2, 0) is 30.7 Å². The smallest absolute Gasteiger partial charge is 0.346 e. The van der Waals surface area contributed by atoms with Crippen LogP contribution in [0.1, 0.15) is 53.4 Å². The molecule has 0 radical (unpaired) electrons. The number of hydrogen-bond acceptors (Lipinski definition) is 6. The summed E-state index contributed by atoms with van der Waals surface area (Å²) in [7, 11) is 0. The molecule has 9 heteroatoms. The first-order valence-corrected chi connectivity index (χ1v) is 11.3. The first kappa shape index (κ1) is 20.6. The van der Waals surface area contributed by atoms with E-state index in [-0.39, 0.29) is 17.6 Å². The Morgan fingerprint density at radius 3 is 2.97 bits per heavy atom. The van der Waals surface area contributed by atoms with Crippen LogP contribution >= 0.6 is 11.3 Å². The Kier molecular flexibility index (Phi) is 6.17. The van der Waals surface area contributed by atoms with E-state index in [1.807, 2.05) is 19.9 Å². The van der Waals surface area contributed by atoms with Crippen LogP contribution in [0.4, 0.5) is 0 Å². The van der Waals surface area contributed by atoms with E-state index in [2.05, 4.69) is 27.0 Å². The van der Waals surface area contributed by atoms with Gasteiger partial charge in [-0.15, -0.1) is 11.3 Å². The van der Waals surface area contributed by atoms with Gasteiger partial charge in [-0.3, -0.25) is 9.36 Å². The molecule has 160 valence electrons. The number of nitrogens with one attached hydrogen (secondary N) is 1. The van der Waals surface area contributed by atoms with E-state index in [9.17, 15) is 9.59 Å². The zero-order chi connectivity index (χ0) is 21.1. The monoisotopic (exact) mass is 429 g/mol. The maximum atomic E-state index is 12.8. The minimum absolute atomic E-state index is 0.0800. The van der Waals surface area contributed by atoms with E-state index < -0.39 is 0 Å². The Hall–Kier alpha value is -2.68. The maximum Gasteiger partial charge on any atom is 0.346 e. The normalized spacial score (nSPS) is 16.3. The zero-order valence-corrected chi connectivity index (χ0v) is 18.2. The molecule has 0 aliphatic carbocycles. The third-order valence-corrected chi connectivity index (χ3v) is 6.61. The van der Waals surface area contributed by atoms with E-state index in [1.54, 1.807) is 15.9 Å². The van der Waals surface area contributed by atoms with Crippen molar-refractivity contribution in [2.24, 2.45) is 0 Å². The highest BCUT2D eigenvalue weighted by molar-refractivity contribution is 7.09. The summed E-state index contributed by atoms with van der Waals surface area (Å²) in [6.07, 6.45) is 4.52. The summed E-state index contributed by atoms with van der Waals surface area (Å²) in [6.45, 7) is 4.64. The van der Waals surface area contributed by atoms with Crippen LogP contribution in [0.15, 0.2) is 26.8 Å². The van der Waals surface area contributed by atoms with Crippen molar-refractivity contribution in [3.8, 4) is 0 Å². The molecule has 0 saturated carbocycles. The summed E-state index contributed by atoms with van der Waals surface area (Å²) < 4.78 is 8.42. The van der Waals surface area contributed by atoms with Gasteiger partial charge < -0.3 is 9.84 Å². The van der Waals surface area contributed by atoms with Crippen molar-refractivity contribution in [2.45, 2.75) is 71.5 Å². The number of amides is 1. The Labute approximate surface area is 178 Å². The average Bonchev–Trinajstić information content (AvgIpc) is 3.38. The molecule has 3 aromatic rings. The molecule has 0 fully saturated rings. The molecule has 0 spiro atoms. The van der Waals surface area contributed by atoms with E-state index in [0.717, 1.165) is 42.8 Å². The number of aromatic nitrogens is 4. The van der Waals surface area contributed by atoms with E-state index in [4.69, 9.17) is 4.52 Å². The molecule has 30 heavy (non-hydrogen) atoms. The summed E-state index contributed by atoms with van der Waals surface area (Å²) in [5.74, 6) is 1.58. The summed E-state index contributed by atoms with van der Waals surface area (Å²) in [4.78, 5) is 26.5. The Balaban J connectivity index is 1.32. The lowest BCUT2D eigenvalue weighted by Crippen LogP contribution is -2.35. The topological polar surface area (TPSA) is 94.9 Å². The highest BCUT2D eigenvalue weighted by Gasteiger charge is 2.23. The lowest BCUT2D eigenvalue weighted by molar-refractivity contribution is -0.122. The number of fused-ring (bicyclic) bond motifs is 1. The largest absolute Gasteiger partial charge is 0.361 e. The van der Waals surface area contributed by atoms with Gasteiger partial charge in [-0.25, -0.2) is 9.48 Å². The molecule has 1 N–H and O–H groups in total. The van der Waals surface area contributed by atoms with Crippen molar-refractivity contribution in [1.82, 2.24) is 24.8 Å². The lowest BCUT2D eigenvalue weighted by atomic mass is 10.1. The number of thiophene rings is 1. The first-order chi connectivity index (χ1) is 14.5. The minimum atomic E-state index is -0.118. The fourth-order valence-corrected chi connectivity index (χ4v) is 4.68. The Morgan fingerprint density at radius 2 is 2.23 bits per heavy atom. The number of hydrogen-bond donors (Lipinski definition) is 1. The summed E-state index contributed by atoms with van der Waals surface area (Å²) in [6, 6.07) is 4.22. The quantitative estimate of drug-likeness (QED) is 0.623. The average molecular weight is 430 g/mol. The number of carbonyl (C=O) groups excluding carboxylic acids is 1. The molecule has 1 amide bonds. The van der Waals surface area contributed by atoms with Crippen LogP contribution < -0.4 is 11.0 Å². The van der Waals surface area contributed by atoms with Gasteiger partial charge >= 0.3 is 5.69 Å². The van der Waals surface area contributed by atoms with Gasteiger partial charge in [0.05, 0.1) is 12.2 Å². The zero-order valence-electron chi connectivity index (χ0n) is 17.4. The molecular weight excluding hydrogens is 402 g/mol. The van der Waals surface area contributed by atoms with Gasteiger partial charge in [-0.1, -0.05) is 11.2 Å². The molecule has 8 nitrogen and oxygen atoms in total. The van der Waals surface area contributed by atoms with Crippen molar-refractivity contribution in [2.75, 3.05) is 0 Å². The first-order valence-electron chi connectivity index (χ1n) is 10.4. The van der Waals surface area contributed by atoms with Gasteiger partial charge in [-0.2, -0.15) is 5.10 Å². The van der Waals surface area contributed by atoms with Gasteiger partial charge in [0.25, 0.3) is 0 Å². The second-order valence-corrected chi connectivity index (χ2v) is 8.87. The maximum absolute atomic E-state index is 12.8. The fourth-order valence-electron chi connectivity index (χ4n) is 3.93. The highest BCUT2D eigenvalue weighted by Crippen LogP contribution is 2.16. The second-order valence-electron chi connectivity index (χ2n) is 7.84. The van der Waals surface area contributed by atoms with Gasteiger partial charge in [0.1, 0.15) is 11.6 Å². The molecule has 0 saturated heterocycles. The minimum Gasteiger partial charge on any atom is -0.361 e. The Bertz CT molecular complexity index is 1040.